The second kappa shape index (κ2) is 7.36. The largest absolute Gasteiger partial charge is 0.507 e. The van der Waals surface area contributed by atoms with Crippen molar-refractivity contribution in [3.05, 3.63) is 47.5 Å². The third kappa shape index (κ3) is 3.95. The molecule has 0 aliphatic rings. The number of ether oxygens (including phenoxy) is 1. The normalized spacial score (nSPS) is 10.2. The number of nitrogens with one attached hydrogen (secondary N) is 1. The Labute approximate surface area is 138 Å². The van der Waals surface area contributed by atoms with Crippen LogP contribution in [0.5, 0.6) is 11.5 Å². The molecule has 0 saturated carbocycles. The summed E-state index contributed by atoms with van der Waals surface area (Å²) in [5.74, 6) is -1.61. The average molecular weight is 330 g/mol. The van der Waals surface area contributed by atoms with Crippen LogP contribution >= 0.6 is 0 Å². The van der Waals surface area contributed by atoms with E-state index >= 15 is 0 Å². The fraction of sp³-hybridized carbons (Fsp3) is 0.176. The number of benzene rings is 2. The van der Waals surface area contributed by atoms with Gasteiger partial charge < -0.3 is 26.0 Å². The molecule has 24 heavy (non-hydrogen) atoms. The van der Waals surface area contributed by atoms with Crippen molar-refractivity contribution in [1.29, 1.82) is 0 Å². The Bertz CT molecular complexity index is 774. The molecule has 0 spiro atoms. The van der Waals surface area contributed by atoms with Gasteiger partial charge in [-0.25, -0.2) is 4.79 Å². The van der Waals surface area contributed by atoms with Gasteiger partial charge in [-0.05, 0) is 42.8 Å². The number of anilines is 2. The Morgan fingerprint density at radius 2 is 1.96 bits per heavy atom. The van der Waals surface area contributed by atoms with Gasteiger partial charge in [0.1, 0.15) is 17.1 Å². The molecule has 0 radical (unpaired) electrons. The second-order valence-electron chi connectivity index (χ2n) is 5.09. The van der Waals surface area contributed by atoms with E-state index < -0.39 is 11.9 Å². The summed E-state index contributed by atoms with van der Waals surface area (Å²) >= 11 is 0. The van der Waals surface area contributed by atoms with Gasteiger partial charge in [0.2, 0.25) is 0 Å². The Kier molecular flexibility index (Phi) is 5.26. The smallest absolute Gasteiger partial charge is 0.339 e. The molecule has 0 aliphatic heterocycles. The fourth-order valence-corrected chi connectivity index (χ4v) is 2.02. The number of aromatic carboxylic acids is 1. The first-order valence-corrected chi connectivity index (χ1v) is 7.32. The van der Waals surface area contributed by atoms with E-state index in [1.54, 1.807) is 12.1 Å². The average Bonchev–Trinajstić information content (AvgIpc) is 2.55. The summed E-state index contributed by atoms with van der Waals surface area (Å²) in [6.45, 7) is 2.50. The summed E-state index contributed by atoms with van der Waals surface area (Å²) in [5.41, 5.74) is 6.46. The third-order valence-electron chi connectivity index (χ3n) is 3.22. The number of rotatable bonds is 6. The van der Waals surface area contributed by atoms with Gasteiger partial charge in [-0.2, -0.15) is 0 Å². The van der Waals surface area contributed by atoms with Crippen LogP contribution in [-0.2, 0) is 0 Å². The zero-order valence-electron chi connectivity index (χ0n) is 13.1. The predicted molar refractivity (Wildman–Crippen MR) is 89.7 cm³/mol. The van der Waals surface area contributed by atoms with Crippen LogP contribution in [-0.4, -0.2) is 28.7 Å². The van der Waals surface area contributed by atoms with E-state index in [4.69, 9.17) is 15.6 Å². The minimum Gasteiger partial charge on any atom is -0.507 e. The molecule has 0 heterocycles. The van der Waals surface area contributed by atoms with E-state index in [0.29, 0.717) is 23.6 Å². The Hall–Kier alpha value is -3.22. The molecule has 0 bridgehead atoms. The summed E-state index contributed by atoms with van der Waals surface area (Å²) in [4.78, 5) is 23.2. The number of hydrogen-bond acceptors (Lipinski definition) is 5. The number of aromatic hydroxyl groups is 1. The molecule has 5 N–H and O–H groups in total. The van der Waals surface area contributed by atoms with Crippen LogP contribution in [0.2, 0.25) is 0 Å². The molecule has 1 amide bonds. The molecule has 0 fully saturated rings. The van der Waals surface area contributed by atoms with E-state index in [1.807, 2.05) is 6.92 Å². The summed E-state index contributed by atoms with van der Waals surface area (Å²) in [6.07, 6.45) is 0.842. The van der Waals surface area contributed by atoms with Gasteiger partial charge in [-0.1, -0.05) is 6.92 Å². The fourth-order valence-electron chi connectivity index (χ4n) is 2.02. The summed E-state index contributed by atoms with van der Waals surface area (Å²) in [6, 6.07) is 8.45. The quantitative estimate of drug-likeness (QED) is 0.477. The maximum Gasteiger partial charge on any atom is 0.339 e. The predicted octanol–water partition coefficient (Wildman–Crippen LogP) is 2.71. The molecular weight excluding hydrogens is 312 g/mol. The maximum absolute atomic E-state index is 12.2. The first-order chi connectivity index (χ1) is 11.4. The van der Waals surface area contributed by atoms with Gasteiger partial charge >= 0.3 is 5.97 Å². The first kappa shape index (κ1) is 17.1. The number of carboxylic acid groups (broad SMARTS) is 1. The number of carbonyl (C=O) groups excluding carboxylic acids is 1. The molecule has 0 atom stereocenters. The van der Waals surface area contributed by atoms with Crippen molar-refractivity contribution in [2.24, 2.45) is 0 Å². The van der Waals surface area contributed by atoms with E-state index in [-0.39, 0.29) is 17.0 Å². The van der Waals surface area contributed by atoms with Gasteiger partial charge in [-0.15, -0.1) is 0 Å². The van der Waals surface area contributed by atoms with Gasteiger partial charge in [0.15, 0.2) is 0 Å². The van der Waals surface area contributed by atoms with Crippen molar-refractivity contribution in [3.8, 4) is 11.5 Å². The number of nitrogen functional groups attached to an aromatic ring is 1. The van der Waals surface area contributed by atoms with Crippen LogP contribution in [0.1, 0.15) is 34.1 Å². The van der Waals surface area contributed by atoms with Crippen LogP contribution < -0.4 is 15.8 Å². The lowest BCUT2D eigenvalue weighted by Gasteiger charge is -2.10. The minimum atomic E-state index is -1.29. The minimum absolute atomic E-state index is 0.250. The number of carbonyl (C=O) groups is 2. The lowest BCUT2D eigenvalue weighted by atomic mass is 10.1. The van der Waals surface area contributed by atoms with Crippen LogP contribution in [0.3, 0.4) is 0 Å². The third-order valence-corrected chi connectivity index (χ3v) is 3.22. The number of amides is 1. The Morgan fingerprint density at radius 3 is 2.58 bits per heavy atom. The topological polar surface area (TPSA) is 122 Å². The van der Waals surface area contributed by atoms with Gasteiger partial charge in [0, 0.05) is 11.3 Å². The van der Waals surface area contributed by atoms with Crippen molar-refractivity contribution in [1.82, 2.24) is 0 Å². The van der Waals surface area contributed by atoms with Crippen molar-refractivity contribution >= 4 is 23.3 Å². The van der Waals surface area contributed by atoms with Crippen LogP contribution in [0.25, 0.3) is 0 Å². The van der Waals surface area contributed by atoms with E-state index in [9.17, 15) is 14.7 Å². The van der Waals surface area contributed by atoms with Crippen LogP contribution in [0.15, 0.2) is 36.4 Å². The standard InChI is InChI=1S/C17H18N2O5/c1-2-7-24-15-6-3-10(8-13(15)18)16(21)19-11-4-5-14(20)12(9-11)17(22)23/h3-6,8-9,20H,2,7,18H2,1H3,(H,19,21)(H,22,23). The summed E-state index contributed by atoms with van der Waals surface area (Å²) in [7, 11) is 0. The monoisotopic (exact) mass is 330 g/mol. The van der Waals surface area contributed by atoms with Crippen molar-refractivity contribution in [3.63, 3.8) is 0 Å². The number of nitrogens with two attached hydrogens (primary N) is 1. The molecule has 7 heteroatoms. The Morgan fingerprint density at radius 1 is 1.21 bits per heavy atom. The van der Waals surface area contributed by atoms with Gasteiger partial charge in [0.05, 0.1) is 12.3 Å². The highest BCUT2D eigenvalue weighted by atomic mass is 16.5. The lowest BCUT2D eigenvalue weighted by molar-refractivity contribution is 0.0693. The molecule has 126 valence electrons. The van der Waals surface area contributed by atoms with Crippen LogP contribution in [0, 0.1) is 0 Å². The first-order valence-electron chi connectivity index (χ1n) is 7.32. The molecule has 2 aromatic carbocycles. The van der Waals surface area contributed by atoms with Crippen molar-refractivity contribution in [2.45, 2.75) is 13.3 Å². The molecule has 2 rings (SSSR count). The zero-order chi connectivity index (χ0) is 17.7. The molecule has 0 saturated heterocycles. The summed E-state index contributed by atoms with van der Waals surface area (Å²) in [5, 5.41) is 21.0. The van der Waals surface area contributed by atoms with Crippen LogP contribution in [0.4, 0.5) is 11.4 Å². The van der Waals surface area contributed by atoms with E-state index in [0.717, 1.165) is 6.42 Å². The number of hydrogen-bond donors (Lipinski definition) is 4. The second-order valence-corrected chi connectivity index (χ2v) is 5.09. The molecule has 2 aromatic rings. The van der Waals surface area contributed by atoms with E-state index in [1.165, 1.54) is 24.3 Å². The number of carboxylic acids is 1. The summed E-state index contributed by atoms with van der Waals surface area (Å²) < 4.78 is 5.44. The van der Waals surface area contributed by atoms with Gasteiger partial charge in [-0.3, -0.25) is 4.79 Å². The molecule has 7 nitrogen and oxygen atoms in total. The van der Waals surface area contributed by atoms with E-state index in [2.05, 4.69) is 5.32 Å². The van der Waals surface area contributed by atoms with Gasteiger partial charge in [0.25, 0.3) is 5.91 Å². The molecular formula is C17H18N2O5. The Balaban J connectivity index is 2.16. The molecule has 0 aliphatic carbocycles. The highest BCUT2D eigenvalue weighted by molar-refractivity contribution is 6.05. The molecule has 0 unspecified atom stereocenters. The number of phenols is 1. The molecule has 0 aromatic heterocycles. The maximum atomic E-state index is 12.2. The van der Waals surface area contributed by atoms with Crippen molar-refractivity contribution < 1.29 is 24.5 Å². The highest BCUT2D eigenvalue weighted by Gasteiger charge is 2.13. The lowest BCUT2D eigenvalue weighted by Crippen LogP contribution is -2.13. The zero-order valence-corrected chi connectivity index (χ0v) is 13.1. The SMILES string of the molecule is CCCOc1ccc(C(=O)Nc2ccc(O)c(C(=O)O)c2)cc1N. The highest BCUT2D eigenvalue weighted by Crippen LogP contribution is 2.25. The van der Waals surface area contributed by atoms with Crippen molar-refractivity contribution in [2.75, 3.05) is 17.7 Å².